The van der Waals surface area contributed by atoms with Crippen LogP contribution in [0.3, 0.4) is 0 Å². The average Bonchev–Trinajstić information content (AvgIpc) is 2.81. The lowest BCUT2D eigenvalue weighted by atomic mass is 9.87. The van der Waals surface area contributed by atoms with Crippen molar-refractivity contribution in [3.8, 4) is 0 Å². The van der Waals surface area contributed by atoms with Crippen molar-refractivity contribution in [3.05, 3.63) is 11.8 Å². The van der Waals surface area contributed by atoms with Crippen LogP contribution in [0.5, 0.6) is 0 Å². The van der Waals surface area contributed by atoms with Gasteiger partial charge in [-0.15, -0.1) is 10.2 Å². The van der Waals surface area contributed by atoms with E-state index >= 15 is 0 Å². The Morgan fingerprint density at radius 2 is 2.00 bits per heavy atom. The first-order chi connectivity index (χ1) is 8.75. The minimum atomic E-state index is -0.645. The molecule has 0 radical (unpaired) electrons. The molecule has 1 heterocycles. The summed E-state index contributed by atoms with van der Waals surface area (Å²) in [5, 5.41) is 12.1. The zero-order chi connectivity index (χ0) is 14.6. The van der Waals surface area contributed by atoms with E-state index < -0.39 is 11.9 Å². The largest absolute Gasteiger partial charge is 0.415 e. The average molecular weight is 269 g/mol. The second-order valence-corrected chi connectivity index (χ2v) is 5.14. The third-order valence-corrected chi connectivity index (χ3v) is 2.52. The Morgan fingerprint density at radius 1 is 1.37 bits per heavy atom. The molecule has 2 amide bonds. The number of nitrogens with two attached hydrogens (primary N) is 1. The molecule has 8 heteroatoms. The van der Waals surface area contributed by atoms with E-state index in [4.69, 9.17) is 10.2 Å². The maximum atomic E-state index is 11.8. The lowest BCUT2D eigenvalue weighted by Gasteiger charge is -2.25. The molecule has 0 fully saturated rings. The molecule has 4 N–H and O–H groups in total. The van der Waals surface area contributed by atoms with Crippen LogP contribution < -0.4 is 16.4 Å². The summed E-state index contributed by atoms with van der Waals surface area (Å²) in [6.07, 6.45) is 0. The molecule has 106 valence electrons. The fourth-order valence-corrected chi connectivity index (χ4v) is 1.19. The Bertz CT molecular complexity index is 463. The van der Waals surface area contributed by atoms with Crippen LogP contribution in [0.4, 0.5) is 0 Å². The van der Waals surface area contributed by atoms with Gasteiger partial charge in [-0.25, -0.2) is 0 Å². The van der Waals surface area contributed by atoms with Crippen molar-refractivity contribution in [2.45, 2.75) is 33.4 Å². The SMILES string of the molecule is CNC(=O)c1nnc(CNC(=O)C(N)C(C)(C)C)o1. The number of carbonyl (C=O) groups is 2. The lowest BCUT2D eigenvalue weighted by molar-refractivity contribution is -0.124. The molecule has 0 saturated carbocycles. The fourth-order valence-electron chi connectivity index (χ4n) is 1.19. The monoisotopic (exact) mass is 269 g/mol. The van der Waals surface area contributed by atoms with E-state index in [1.165, 1.54) is 7.05 Å². The van der Waals surface area contributed by atoms with E-state index in [1.807, 2.05) is 20.8 Å². The van der Waals surface area contributed by atoms with Gasteiger partial charge in [0.15, 0.2) is 0 Å². The number of hydrogen-bond acceptors (Lipinski definition) is 6. The second-order valence-electron chi connectivity index (χ2n) is 5.14. The molecule has 1 atom stereocenters. The van der Waals surface area contributed by atoms with Crippen LogP contribution in [0.1, 0.15) is 37.3 Å². The summed E-state index contributed by atoms with van der Waals surface area (Å²) in [6, 6.07) is -0.645. The first-order valence-electron chi connectivity index (χ1n) is 5.83. The molecule has 8 nitrogen and oxygen atoms in total. The van der Waals surface area contributed by atoms with Gasteiger partial charge in [-0.3, -0.25) is 9.59 Å². The Morgan fingerprint density at radius 3 is 2.53 bits per heavy atom. The van der Waals surface area contributed by atoms with Gasteiger partial charge >= 0.3 is 11.8 Å². The van der Waals surface area contributed by atoms with E-state index in [1.54, 1.807) is 0 Å². The van der Waals surface area contributed by atoms with Crippen molar-refractivity contribution in [1.82, 2.24) is 20.8 Å². The van der Waals surface area contributed by atoms with Crippen LogP contribution in [0.15, 0.2) is 4.42 Å². The van der Waals surface area contributed by atoms with Gasteiger partial charge in [0.05, 0.1) is 12.6 Å². The summed E-state index contributed by atoms with van der Waals surface area (Å²) in [5.74, 6) is -0.788. The number of nitrogens with one attached hydrogen (secondary N) is 2. The molecule has 0 spiro atoms. The van der Waals surface area contributed by atoms with Crippen molar-refractivity contribution in [2.24, 2.45) is 11.1 Å². The Balaban J connectivity index is 2.56. The highest BCUT2D eigenvalue weighted by Crippen LogP contribution is 2.17. The number of hydrogen-bond donors (Lipinski definition) is 3. The molecule has 0 saturated heterocycles. The van der Waals surface area contributed by atoms with Crippen molar-refractivity contribution < 1.29 is 14.0 Å². The summed E-state index contributed by atoms with van der Waals surface area (Å²) in [5.41, 5.74) is 5.45. The van der Waals surface area contributed by atoms with Gasteiger partial charge in [-0.05, 0) is 5.41 Å². The Kier molecular flexibility index (Phi) is 4.60. The highest BCUT2D eigenvalue weighted by molar-refractivity contribution is 5.89. The number of rotatable bonds is 4. The molecule has 0 aliphatic heterocycles. The van der Waals surface area contributed by atoms with E-state index in [2.05, 4.69) is 20.8 Å². The third kappa shape index (κ3) is 4.02. The van der Waals surface area contributed by atoms with Gasteiger partial charge in [0, 0.05) is 7.05 Å². The van der Waals surface area contributed by atoms with Crippen LogP contribution >= 0.6 is 0 Å². The van der Waals surface area contributed by atoms with Gasteiger partial charge < -0.3 is 20.8 Å². The minimum Gasteiger partial charge on any atom is -0.415 e. The van der Waals surface area contributed by atoms with Crippen molar-refractivity contribution in [2.75, 3.05) is 7.05 Å². The molecular formula is C11H19N5O3. The topological polar surface area (TPSA) is 123 Å². The molecule has 1 aromatic heterocycles. The van der Waals surface area contributed by atoms with Gasteiger partial charge in [0.1, 0.15) is 0 Å². The van der Waals surface area contributed by atoms with Crippen LogP contribution in [0.25, 0.3) is 0 Å². The van der Waals surface area contributed by atoms with Gasteiger partial charge in [-0.1, -0.05) is 20.8 Å². The van der Waals surface area contributed by atoms with Crippen LogP contribution in [0, 0.1) is 5.41 Å². The van der Waals surface area contributed by atoms with Crippen LogP contribution in [0.2, 0.25) is 0 Å². The third-order valence-electron chi connectivity index (χ3n) is 2.52. The minimum absolute atomic E-state index is 0.0343. The van der Waals surface area contributed by atoms with Gasteiger partial charge in [0.2, 0.25) is 11.8 Å². The number of aromatic nitrogens is 2. The summed E-state index contributed by atoms with van der Waals surface area (Å²) in [4.78, 5) is 22.9. The molecule has 1 unspecified atom stereocenters. The molecular weight excluding hydrogens is 250 g/mol. The number of nitrogens with zero attached hydrogens (tertiary/aromatic N) is 2. The first kappa shape index (κ1) is 15.1. The second kappa shape index (κ2) is 5.79. The van der Waals surface area contributed by atoms with Gasteiger partial charge in [-0.2, -0.15) is 0 Å². The molecule has 0 aliphatic rings. The summed E-state index contributed by atoms with van der Waals surface area (Å²) < 4.78 is 5.06. The number of carbonyl (C=O) groups excluding carboxylic acids is 2. The molecule has 0 aromatic carbocycles. The normalized spacial score (nSPS) is 12.9. The number of amides is 2. The highest BCUT2D eigenvalue weighted by Gasteiger charge is 2.27. The standard InChI is InChI=1S/C11H19N5O3/c1-11(2,3)7(12)8(17)14-5-6-15-16-10(19-6)9(18)13-4/h7H,5,12H2,1-4H3,(H,13,18)(H,14,17). The quantitative estimate of drug-likeness (QED) is 0.672. The zero-order valence-electron chi connectivity index (χ0n) is 11.5. The maximum absolute atomic E-state index is 11.8. The predicted molar refractivity (Wildman–Crippen MR) is 67.0 cm³/mol. The van der Waals surface area contributed by atoms with E-state index in [-0.39, 0.29) is 29.6 Å². The smallest absolute Gasteiger partial charge is 0.308 e. The Labute approximate surface area is 111 Å². The summed E-state index contributed by atoms with van der Waals surface area (Å²) >= 11 is 0. The first-order valence-corrected chi connectivity index (χ1v) is 5.83. The Hall–Kier alpha value is -1.96. The van der Waals surface area contributed by atoms with Crippen LogP contribution in [-0.4, -0.2) is 35.1 Å². The molecule has 19 heavy (non-hydrogen) atoms. The molecule has 0 bridgehead atoms. The predicted octanol–water partition coefficient (Wildman–Crippen LogP) is -0.581. The van der Waals surface area contributed by atoms with E-state index in [9.17, 15) is 9.59 Å². The fraction of sp³-hybridized carbons (Fsp3) is 0.636. The lowest BCUT2D eigenvalue weighted by Crippen LogP contribution is -2.48. The van der Waals surface area contributed by atoms with Crippen LogP contribution in [-0.2, 0) is 11.3 Å². The van der Waals surface area contributed by atoms with Crippen molar-refractivity contribution in [3.63, 3.8) is 0 Å². The summed E-state index contributed by atoms with van der Waals surface area (Å²) in [6.45, 7) is 5.64. The highest BCUT2D eigenvalue weighted by atomic mass is 16.4. The van der Waals surface area contributed by atoms with E-state index in [0.717, 1.165) is 0 Å². The molecule has 1 rings (SSSR count). The zero-order valence-corrected chi connectivity index (χ0v) is 11.5. The molecule has 0 aliphatic carbocycles. The molecule has 1 aromatic rings. The summed E-state index contributed by atoms with van der Waals surface area (Å²) in [7, 11) is 1.45. The van der Waals surface area contributed by atoms with Crippen molar-refractivity contribution >= 4 is 11.8 Å². The van der Waals surface area contributed by atoms with Gasteiger partial charge in [0.25, 0.3) is 0 Å². The maximum Gasteiger partial charge on any atom is 0.308 e. The van der Waals surface area contributed by atoms with Crippen molar-refractivity contribution in [1.29, 1.82) is 0 Å². The van der Waals surface area contributed by atoms with E-state index in [0.29, 0.717) is 0 Å².